The normalized spacial score (nSPS) is 21.4. The fraction of sp³-hybridized carbons (Fsp3) is 0.579. The highest BCUT2D eigenvalue weighted by Crippen LogP contribution is 2.49. The lowest BCUT2D eigenvalue weighted by atomic mass is 9.76. The number of ether oxygens (including phenoxy) is 2. The number of amides is 2. The SMILES string of the molecule is CNC(=O)[C@H]1CN(C(=O)c2ccc(OC)c(OC)c2)CC12CCCC2. The molecule has 3 rings (SSSR count). The maximum absolute atomic E-state index is 13.0. The number of carbonyl (C=O) groups is 2. The van der Waals surface area contributed by atoms with Crippen molar-refractivity contribution in [2.45, 2.75) is 25.7 Å². The molecule has 0 unspecified atom stereocenters. The number of likely N-dealkylation sites (tertiary alicyclic amines) is 1. The zero-order chi connectivity index (χ0) is 18.0. The van der Waals surface area contributed by atoms with E-state index in [4.69, 9.17) is 9.47 Å². The zero-order valence-electron chi connectivity index (χ0n) is 15.1. The first-order chi connectivity index (χ1) is 12.0. The summed E-state index contributed by atoms with van der Waals surface area (Å²) in [6, 6.07) is 5.19. The second-order valence-corrected chi connectivity index (χ2v) is 6.99. The maximum Gasteiger partial charge on any atom is 0.254 e. The van der Waals surface area contributed by atoms with Crippen LogP contribution >= 0.6 is 0 Å². The van der Waals surface area contributed by atoms with Gasteiger partial charge < -0.3 is 19.7 Å². The van der Waals surface area contributed by atoms with Crippen molar-refractivity contribution in [2.75, 3.05) is 34.4 Å². The van der Waals surface area contributed by atoms with Crippen molar-refractivity contribution in [2.24, 2.45) is 11.3 Å². The molecule has 1 aromatic carbocycles. The molecule has 1 heterocycles. The Morgan fingerprint density at radius 1 is 1.16 bits per heavy atom. The molecule has 1 atom stereocenters. The number of methoxy groups -OCH3 is 2. The maximum atomic E-state index is 13.0. The molecule has 6 nitrogen and oxygen atoms in total. The van der Waals surface area contributed by atoms with Crippen LogP contribution in [0, 0.1) is 11.3 Å². The van der Waals surface area contributed by atoms with Crippen LogP contribution < -0.4 is 14.8 Å². The quantitative estimate of drug-likeness (QED) is 0.906. The standard InChI is InChI=1S/C19H26N2O4/c1-20-17(22)14-11-21(12-19(14)8-4-5-9-19)18(23)13-6-7-15(24-2)16(10-13)25-3/h6-7,10,14H,4-5,8-9,11-12H2,1-3H3,(H,20,22)/t14-/m1/s1. The summed E-state index contributed by atoms with van der Waals surface area (Å²) >= 11 is 0. The van der Waals surface area contributed by atoms with Crippen molar-refractivity contribution in [3.05, 3.63) is 23.8 Å². The predicted octanol–water partition coefficient (Wildman–Crippen LogP) is 2.08. The molecule has 2 fully saturated rings. The Bertz CT molecular complexity index is 667. The second kappa shape index (κ2) is 6.94. The van der Waals surface area contributed by atoms with Gasteiger partial charge in [-0.15, -0.1) is 0 Å². The van der Waals surface area contributed by atoms with E-state index in [-0.39, 0.29) is 23.1 Å². The molecule has 0 bridgehead atoms. The number of rotatable bonds is 4. The van der Waals surface area contributed by atoms with Crippen LogP contribution in [0.25, 0.3) is 0 Å². The molecule has 1 aromatic rings. The molecular weight excluding hydrogens is 320 g/mol. The van der Waals surface area contributed by atoms with Crippen LogP contribution in [-0.4, -0.2) is 51.1 Å². The number of benzene rings is 1. The Morgan fingerprint density at radius 2 is 1.84 bits per heavy atom. The molecule has 2 amide bonds. The first kappa shape index (κ1) is 17.6. The first-order valence-corrected chi connectivity index (χ1v) is 8.77. The van der Waals surface area contributed by atoms with Crippen molar-refractivity contribution in [3.8, 4) is 11.5 Å². The van der Waals surface area contributed by atoms with Crippen molar-refractivity contribution >= 4 is 11.8 Å². The van der Waals surface area contributed by atoms with Gasteiger partial charge in [-0.2, -0.15) is 0 Å². The van der Waals surface area contributed by atoms with Crippen molar-refractivity contribution < 1.29 is 19.1 Å². The van der Waals surface area contributed by atoms with Gasteiger partial charge in [0.25, 0.3) is 5.91 Å². The van der Waals surface area contributed by atoms with E-state index in [0.29, 0.717) is 30.2 Å². The minimum atomic E-state index is -0.121. The average molecular weight is 346 g/mol. The van der Waals surface area contributed by atoms with Gasteiger partial charge in [0.1, 0.15) is 0 Å². The Hall–Kier alpha value is -2.24. The largest absolute Gasteiger partial charge is 0.493 e. The summed E-state index contributed by atoms with van der Waals surface area (Å²) in [5.74, 6) is 0.995. The van der Waals surface area contributed by atoms with Gasteiger partial charge in [0.15, 0.2) is 11.5 Å². The molecule has 1 N–H and O–H groups in total. The van der Waals surface area contributed by atoms with Crippen molar-refractivity contribution in [3.63, 3.8) is 0 Å². The third-order valence-electron chi connectivity index (χ3n) is 5.73. The van der Waals surface area contributed by atoms with Gasteiger partial charge >= 0.3 is 0 Å². The van der Waals surface area contributed by atoms with Gasteiger partial charge in [0.05, 0.1) is 20.1 Å². The third kappa shape index (κ3) is 3.05. The summed E-state index contributed by atoms with van der Waals surface area (Å²) in [7, 11) is 4.79. The Morgan fingerprint density at radius 3 is 2.44 bits per heavy atom. The van der Waals surface area contributed by atoms with Crippen LogP contribution in [0.4, 0.5) is 0 Å². The summed E-state index contributed by atoms with van der Waals surface area (Å²) in [6.07, 6.45) is 4.29. The number of nitrogens with zero attached hydrogens (tertiary/aromatic N) is 1. The summed E-state index contributed by atoms with van der Waals surface area (Å²) in [6.45, 7) is 1.13. The molecule has 1 saturated heterocycles. The molecule has 0 aromatic heterocycles. The molecule has 1 aliphatic carbocycles. The van der Waals surface area contributed by atoms with E-state index in [2.05, 4.69) is 5.32 Å². The molecule has 1 spiro atoms. The lowest BCUT2D eigenvalue weighted by molar-refractivity contribution is -0.127. The van der Waals surface area contributed by atoms with Crippen LogP contribution in [0.2, 0.25) is 0 Å². The van der Waals surface area contributed by atoms with E-state index in [1.54, 1.807) is 39.5 Å². The Kier molecular flexibility index (Phi) is 4.88. The first-order valence-electron chi connectivity index (χ1n) is 8.77. The summed E-state index contributed by atoms with van der Waals surface area (Å²) in [4.78, 5) is 27.2. The van der Waals surface area contributed by atoms with E-state index < -0.39 is 0 Å². The van der Waals surface area contributed by atoms with E-state index in [0.717, 1.165) is 25.7 Å². The summed E-state index contributed by atoms with van der Waals surface area (Å²) in [5.41, 5.74) is 0.495. The average Bonchev–Trinajstić information content (AvgIpc) is 3.27. The van der Waals surface area contributed by atoms with Crippen molar-refractivity contribution in [1.29, 1.82) is 0 Å². The Labute approximate surface area is 148 Å². The molecule has 0 radical (unpaired) electrons. The fourth-order valence-corrected chi connectivity index (χ4v) is 4.40. The smallest absolute Gasteiger partial charge is 0.254 e. The molecule has 6 heteroatoms. The molecule has 1 saturated carbocycles. The van der Waals surface area contributed by atoms with E-state index in [1.165, 1.54) is 0 Å². The number of carbonyl (C=O) groups excluding carboxylic acids is 2. The summed E-state index contributed by atoms with van der Waals surface area (Å²) < 4.78 is 10.5. The van der Waals surface area contributed by atoms with Crippen LogP contribution in [0.3, 0.4) is 0 Å². The highest BCUT2D eigenvalue weighted by Gasteiger charge is 2.52. The lowest BCUT2D eigenvalue weighted by Crippen LogP contribution is -2.38. The molecule has 1 aliphatic heterocycles. The lowest BCUT2D eigenvalue weighted by Gasteiger charge is -2.28. The second-order valence-electron chi connectivity index (χ2n) is 6.99. The van der Waals surface area contributed by atoms with Gasteiger partial charge in [-0.3, -0.25) is 9.59 Å². The minimum Gasteiger partial charge on any atom is -0.493 e. The molecule has 136 valence electrons. The van der Waals surface area contributed by atoms with Crippen LogP contribution in [0.5, 0.6) is 11.5 Å². The molecular formula is C19H26N2O4. The minimum absolute atomic E-state index is 0.0458. The third-order valence-corrected chi connectivity index (χ3v) is 5.73. The van der Waals surface area contributed by atoms with Crippen LogP contribution in [0.15, 0.2) is 18.2 Å². The fourth-order valence-electron chi connectivity index (χ4n) is 4.40. The summed E-state index contributed by atoms with van der Waals surface area (Å²) in [5, 5.41) is 2.78. The molecule has 2 aliphatic rings. The van der Waals surface area contributed by atoms with Crippen LogP contribution in [-0.2, 0) is 4.79 Å². The Balaban J connectivity index is 1.84. The predicted molar refractivity (Wildman–Crippen MR) is 93.9 cm³/mol. The van der Waals surface area contributed by atoms with Gasteiger partial charge in [-0.05, 0) is 31.0 Å². The number of nitrogens with one attached hydrogen (secondary N) is 1. The van der Waals surface area contributed by atoms with Gasteiger partial charge in [-0.1, -0.05) is 12.8 Å². The van der Waals surface area contributed by atoms with Gasteiger partial charge in [0.2, 0.25) is 5.91 Å². The number of hydrogen-bond donors (Lipinski definition) is 1. The van der Waals surface area contributed by atoms with E-state index in [9.17, 15) is 9.59 Å². The number of hydrogen-bond acceptors (Lipinski definition) is 4. The topological polar surface area (TPSA) is 67.9 Å². The highest BCUT2D eigenvalue weighted by molar-refractivity contribution is 5.96. The van der Waals surface area contributed by atoms with Crippen molar-refractivity contribution in [1.82, 2.24) is 10.2 Å². The van der Waals surface area contributed by atoms with Crippen LogP contribution in [0.1, 0.15) is 36.0 Å². The van der Waals surface area contributed by atoms with E-state index in [1.807, 2.05) is 4.90 Å². The van der Waals surface area contributed by atoms with Gasteiger partial charge in [0, 0.05) is 31.1 Å². The monoisotopic (exact) mass is 346 g/mol. The van der Waals surface area contributed by atoms with Gasteiger partial charge in [-0.25, -0.2) is 0 Å². The van der Waals surface area contributed by atoms with E-state index >= 15 is 0 Å². The molecule has 25 heavy (non-hydrogen) atoms. The highest BCUT2D eigenvalue weighted by atomic mass is 16.5. The zero-order valence-corrected chi connectivity index (χ0v) is 15.1.